The predicted molar refractivity (Wildman–Crippen MR) is 65.8 cm³/mol. The number of carboxylic acids is 1. The number of hydrogen-bond donors (Lipinski definition) is 1. The summed E-state index contributed by atoms with van der Waals surface area (Å²) in [5.74, 6) is 0.818. The van der Waals surface area contributed by atoms with Gasteiger partial charge in [0.05, 0.1) is 5.41 Å². The van der Waals surface area contributed by atoms with Crippen LogP contribution in [0.15, 0.2) is 24.3 Å². The summed E-state index contributed by atoms with van der Waals surface area (Å²) in [6.45, 7) is 2.07. The van der Waals surface area contributed by atoms with Crippen molar-refractivity contribution in [3.8, 4) is 0 Å². The van der Waals surface area contributed by atoms with Crippen molar-refractivity contribution >= 4 is 5.97 Å². The number of hydrogen-bond acceptors (Lipinski definition) is 1. The van der Waals surface area contributed by atoms with Crippen molar-refractivity contribution in [1.82, 2.24) is 0 Å². The lowest BCUT2D eigenvalue weighted by Crippen LogP contribution is -2.32. The van der Waals surface area contributed by atoms with Crippen LogP contribution in [0.25, 0.3) is 0 Å². The van der Waals surface area contributed by atoms with Crippen LogP contribution < -0.4 is 0 Å². The van der Waals surface area contributed by atoms with Gasteiger partial charge in [-0.15, -0.1) is 0 Å². The van der Waals surface area contributed by atoms with Gasteiger partial charge in [-0.2, -0.15) is 0 Å². The van der Waals surface area contributed by atoms with E-state index in [-0.39, 0.29) is 0 Å². The molecule has 2 unspecified atom stereocenters. The first-order valence-corrected chi connectivity index (χ1v) is 6.39. The number of benzene rings is 1. The Bertz CT molecular complexity index is 454. The number of rotatable bonds is 3. The molecule has 0 spiro atoms. The summed E-state index contributed by atoms with van der Waals surface area (Å²) in [5, 5.41) is 9.55. The maximum atomic E-state index is 11.6. The van der Waals surface area contributed by atoms with Gasteiger partial charge in [-0.3, -0.25) is 4.79 Å². The zero-order chi connectivity index (χ0) is 12.0. The molecule has 0 bridgehead atoms. The maximum absolute atomic E-state index is 11.6. The normalized spacial score (nSPS) is 34.4. The zero-order valence-corrected chi connectivity index (χ0v) is 10.1. The average Bonchev–Trinajstić information content (AvgIpc) is 2.90. The highest BCUT2D eigenvalue weighted by Gasteiger charge is 2.57. The third-order valence-corrected chi connectivity index (χ3v) is 4.62. The topological polar surface area (TPSA) is 37.3 Å². The fourth-order valence-electron chi connectivity index (χ4n) is 3.46. The Kier molecular flexibility index (Phi) is 2.29. The molecule has 0 aliphatic heterocycles. The molecule has 1 aromatic rings. The van der Waals surface area contributed by atoms with Crippen molar-refractivity contribution in [3.05, 3.63) is 35.4 Å². The van der Waals surface area contributed by atoms with E-state index in [1.54, 1.807) is 0 Å². The molecule has 0 saturated heterocycles. The molecule has 2 nitrogen and oxygen atoms in total. The van der Waals surface area contributed by atoms with Crippen molar-refractivity contribution in [3.63, 3.8) is 0 Å². The first kappa shape index (κ1) is 10.8. The smallest absolute Gasteiger partial charge is 0.309 e. The summed E-state index contributed by atoms with van der Waals surface area (Å²) in [6, 6.07) is 8.16. The second kappa shape index (κ2) is 3.59. The van der Waals surface area contributed by atoms with Crippen molar-refractivity contribution in [2.45, 2.75) is 32.6 Å². The standard InChI is InChI=1S/C15H18O2/c1-10-4-2-3-5-11(10)7-15(14(16)17)8-12-6-13(12)9-15/h2-5,12-13H,6-9H2,1H3,(H,16,17). The van der Waals surface area contributed by atoms with E-state index in [0.29, 0.717) is 18.3 Å². The molecule has 2 saturated carbocycles. The molecule has 0 heterocycles. The Morgan fingerprint density at radius 1 is 1.35 bits per heavy atom. The summed E-state index contributed by atoms with van der Waals surface area (Å²) in [5.41, 5.74) is 1.95. The van der Waals surface area contributed by atoms with E-state index in [4.69, 9.17) is 0 Å². The second-order valence-corrected chi connectivity index (χ2v) is 5.85. The second-order valence-electron chi connectivity index (χ2n) is 5.85. The van der Waals surface area contributed by atoms with Crippen molar-refractivity contribution in [2.75, 3.05) is 0 Å². The fourth-order valence-corrected chi connectivity index (χ4v) is 3.46. The Morgan fingerprint density at radius 2 is 2.00 bits per heavy atom. The van der Waals surface area contributed by atoms with Gasteiger partial charge >= 0.3 is 5.97 Å². The van der Waals surface area contributed by atoms with Crippen LogP contribution in [0.2, 0.25) is 0 Å². The van der Waals surface area contributed by atoms with Crippen LogP contribution in [0.3, 0.4) is 0 Å². The summed E-state index contributed by atoms with van der Waals surface area (Å²) in [6.07, 6.45) is 3.76. The Hall–Kier alpha value is -1.31. The van der Waals surface area contributed by atoms with Crippen molar-refractivity contribution < 1.29 is 9.90 Å². The molecule has 2 atom stereocenters. The molecule has 17 heavy (non-hydrogen) atoms. The van der Waals surface area contributed by atoms with E-state index in [2.05, 4.69) is 19.1 Å². The van der Waals surface area contributed by atoms with Gasteiger partial charge < -0.3 is 5.11 Å². The molecule has 2 aliphatic carbocycles. The minimum absolute atomic E-state index is 0.473. The number of carbonyl (C=O) groups is 1. The molecular formula is C15H18O2. The molecule has 0 aromatic heterocycles. The summed E-state index contributed by atoms with van der Waals surface area (Å²) < 4.78 is 0. The molecule has 2 fully saturated rings. The summed E-state index contributed by atoms with van der Waals surface area (Å²) >= 11 is 0. The molecule has 0 radical (unpaired) electrons. The third kappa shape index (κ3) is 1.76. The van der Waals surface area contributed by atoms with Gasteiger partial charge in [0, 0.05) is 0 Å². The van der Waals surface area contributed by atoms with E-state index >= 15 is 0 Å². The van der Waals surface area contributed by atoms with E-state index in [1.165, 1.54) is 17.5 Å². The third-order valence-electron chi connectivity index (χ3n) is 4.62. The maximum Gasteiger partial charge on any atom is 0.309 e. The molecule has 0 amide bonds. The first-order chi connectivity index (χ1) is 8.11. The van der Waals surface area contributed by atoms with Crippen LogP contribution in [0, 0.1) is 24.2 Å². The van der Waals surface area contributed by atoms with E-state index < -0.39 is 11.4 Å². The van der Waals surface area contributed by atoms with E-state index in [0.717, 1.165) is 12.8 Å². The first-order valence-electron chi connectivity index (χ1n) is 6.39. The number of aryl methyl sites for hydroxylation is 1. The number of carboxylic acid groups (broad SMARTS) is 1. The van der Waals surface area contributed by atoms with Gasteiger partial charge in [0.2, 0.25) is 0 Å². The average molecular weight is 230 g/mol. The predicted octanol–water partition coefficient (Wildman–Crippen LogP) is 3.04. The lowest BCUT2D eigenvalue weighted by Gasteiger charge is -2.26. The molecule has 3 rings (SSSR count). The molecule has 1 aromatic carbocycles. The van der Waals surface area contributed by atoms with Crippen LogP contribution in [-0.2, 0) is 11.2 Å². The minimum Gasteiger partial charge on any atom is -0.481 e. The Balaban J connectivity index is 1.87. The van der Waals surface area contributed by atoms with Gasteiger partial charge in [0.25, 0.3) is 0 Å². The van der Waals surface area contributed by atoms with Gasteiger partial charge in [-0.25, -0.2) is 0 Å². The fraction of sp³-hybridized carbons (Fsp3) is 0.533. The summed E-state index contributed by atoms with van der Waals surface area (Å²) in [4.78, 5) is 11.6. The molecular weight excluding hydrogens is 212 g/mol. The van der Waals surface area contributed by atoms with Crippen LogP contribution in [-0.4, -0.2) is 11.1 Å². The molecule has 1 N–H and O–H groups in total. The van der Waals surface area contributed by atoms with Crippen molar-refractivity contribution in [1.29, 1.82) is 0 Å². The molecule has 2 aliphatic rings. The lowest BCUT2D eigenvalue weighted by molar-refractivity contribution is -0.149. The van der Waals surface area contributed by atoms with Crippen LogP contribution in [0.4, 0.5) is 0 Å². The molecule has 90 valence electrons. The number of aliphatic carboxylic acids is 1. The highest BCUT2D eigenvalue weighted by Crippen LogP contribution is 2.61. The van der Waals surface area contributed by atoms with Gasteiger partial charge in [-0.05, 0) is 55.6 Å². The quantitative estimate of drug-likeness (QED) is 0.866. The lowest BCUT2D eigenvalue weighted by atomic mass is 9.77. The van der Waals surface area contributed by atoms with Crippen LogP contribution >= 0.6 is 0 Å². The minimum atomic E-state index is -0.590. The van der Waals surface area contributed by atoms with Gasteiger partial charge in [0.15, 0.2) is 0 Å². The van der Waals surface area contributed by atoms with Gasteiger partial charge in [0.1, 0.15) is 0 Å². The van der Waals surface area contributed by atoms with Gasteiger partial charge in [-0.1, -0.05) is 24.3 Å². The summed E-state index contributed by atoms with van der Waals surface area (Å²) in [7, 11) is 0. The van der Waals surface area contributed by atoms with E-state index in [1.807, 2.05) is 12.1 Å². The van der Waals surface area contributed by atoms with Crippen LogP contribution in [0.1, 0.15) is 30.4 Å². The highest BCUT2D eigenvalue weighted by molar-refractivity contribution is 5.76. The monoisotopic (exact) mass is 230 g/mol. The zero-order valence-electron chi connectivity index (χ0n) is 10.1. The highest BCUT2D eigenvalue weighted by atomic mass is 16.4. The largest absolute Gasteiger partial charge is 0.481 e. The Labute approximate surface area is 102 Å². The molecule has 2 heteroatoms. The van der Waals surface area contributed by atoms with Crippen molar-refractivity contribution in [2.24, 2.45) is 17.3 Å². The number of fused-ring (bicyclic) bond motifs is 1. The van der Waals surface area contributed by atoms with E-state index in [9.17, 15) is 9.90 Å². The SMILES string of the molecule is Cc1ccccc1CC1(C(=O)O)CC2CC2C1. The Morgan fingerprint density at radius 3 is 2.59 bits per heavy atom. The van der Waals surface area contributed by atoms with Crippen LogP contribution in [0.5, 0.6) is 0 Å².